The van der Waals surface area contributed by atoms with Crippen molar-refractivity contribution in [2.75, 3.05) is 19.1 Å². The molecule has 2 aromatic carbocycles. The number of aryl methyl sites for hydroxylation is 2. The van der Waals surface area contributed by atoms with Crippen molar-refractivity contribution in [2.45, 2.75) is 33.2 Å². The third-order valence-electron chi connectivity index (χ3n) is 6.34. The maximum atomic E-state index is 14.4. The van der Waals surface area contributed by atoms with Gasteiger partial charge in [0.1, 0.15) is 11.6 Å². The molecule has 2 aromatic heterocycles. The van der Waals surface area contributed by atoms with Crippen LogP contribution in [0.2, 0.25) is 0 Å². The average Bonchev–Trinajstić information content (AvgIpc) is 3.38. The Balaban J connectivity index is 1.67. The Labute approximate surface area is 209 Å². The lowest BCUT2D eigenvalue weighted by Crippen LogP contribution is -2.30. The average molecular weight is 509 g/mol. The lowest BCUT2D eigenvalue weighted by Gasteiger charge is -2.21. The standard InChI is InChI=1S/C26H29FN6O2S/c1-16-14-21(15-17(2)24(16)27)33-25(23-18(3)28-11-10-22(23)29-33)32-13-12-31(26(32)34)20-8-6-19(7-9-20)30-36(4,5)35/h6-9,12-15,18,28H,10-11H2,1-5H3/t18-/m0/s1. The van der Waals surface area contributed by atoms with Crippen molar-refractivity contribution < 1.29 is 8.60 Å². The third-order valence-corrected chi connectivity index (χ3v) is 6.99. The van der Waals surface area contributed by atoms with Crippen LogP contribution >= 0.6 is 0 Å². The fourth-order valence-corrected chi connectivity index (χ4v) is 5.35. The number of halogens is 1. The molecule has 1 aliphatic heterocycles. The number of nitrogens with zero attached hydrogens (tertiary/aromatic N) is 5. The third kappa shape index (κ3) is 4.31. The van der Waals surface area contributed by atoms with Crippen LogP contribution in [0.4, 0.5) is 10.1 Å². The van der Waals surface area contributed by atoms with Gasteiger partial charge in [0.15, 0.2) is 0 Å². The molecular formula is C26H29FN6O2S. The summed E-state index contributed by atoms with van der Waals surface area (Å²) in [6.07, 6.45) is 7.33. The molecule has 1 atom stereocenters. The van der Waals surface area contributed by atoms with Crippen molar-refractivity contribution in [3.05, 3.63) is 87.5 Å². The topological polar surface area (TPSA) is 86.2 Å². The molecule has 0 spiro atoms. The molecule has 8 nitrogen and oxygen atoms in total. The van der Waals surface area contributed by atoms with Gasteiger partial charge in [-0.05, 0) is 68.3 Å². The molecule has 0 saturated carbocycles. The molecule has 5 rings (SSSR count). The first-order valence-corrected chi connectivity index (χ1v) is 14.1. The second-order valence-corrected chi connectivity index (χ2v) is 12.1. The van der Waals surface area contributed by atoms with Crippen LogP contribution in [-0.4, -0.2) is 42.2 Å². The lowest BCUT2D eigenvalue weighted by atomic mass is 10.0. The van der Waals surface area contributed by atoms with Crippen molar-refractivity contribution in [1.82, 2.24) is 24.2 Å². The summed E-state index contributed by atoms with van der Waals surface area (Å²) in [7, 11) is -2.28. The summed E-state index contributed by atoms with van der Waals surface area (Å²) < 4.78 is 35.5. The molecule has 0 unspecified atom stereocenters. The van der Waals surface area contributed by atoms with E-state index in [-0.39, 0.29) is 17.5 Å². The maximum Gasteiger partial charge on any atom is 0.338 e. The maximum absolute atomic E-state index is 14.4. The predicted molar refractivity (Wildman–Crippen MR) is 140 cm³/mol. The Morgan fingerprint density at radius 2 is 1.69 bits per heavy atom. The fourth-order valence-electron chi connectivity index (χ4n) is 4.72. The smallest absolute Gasteiger partial charge is 0.310 e. The van der Waals surface area contributed by atoms with Gasteiger partial charge in [0.2, 0.25) is 0 Å². The molecule has 0 saturated heterocycles. The van der Waals surface area contributed by atoms with Gasteiger partial charge in [-0.2, -0.15) is 9.46 Å². The van der Waals surface area contributed by atoms with Crippen LogP contribution < -0.4 is 11.0 Å². The molecule has 10 heteroatoms. The number of imidazole rings is 1. The Kier molecular flexibility index (Phi) is 5.96. The van der Waals surface area contributed by atoms with Crippen LogP contribution in [0.15, 0.2) is 57.9 Å². The van der Waals surface area contributed by atoms with Crippen molar-refractivity contribution in [3.8, 4) is 17.2 Å². The van der Waals surface area contributed by atoms with Crippen LogP contribution in [0, 0.1) is 19.7 Å². The van der Waals surface area contributed by atoms with E-state index < -0.39 is 9.73 Å². The van der Waals surface area contributed by atoms with Crippen LogP contribution in [0.5, 0.6) is 0 Å². The molecule has 3 heterocycles. The van der Waals surface area contributed by atoms with Gasteiger partial charge in [0.25, 0.3) is 0 Å². The molecule has 0 amide bonds. The summed E-state index contributed by atoms with van der Waals surface area (Å²) in [6, 6.07) is 10.5. The Morgan fingerprint density at radius 3 is 2.33 bits per heavy atom. The highest BCUT2D eigenvalue weighted by Gasteiger charge is 2.29. The van der Waals surface area contributed by atoms with E-state index in [1.165, 1.54) is 0 Å². The number of hydrogen-bond donors (Lipinski definition) is 1. The first kappa shape index (κ1) is 24.2. The first-order chi connectivity index (χ1) is 17.0. The largest absolute Gasteiger partial charge is 0.338 e. The molecule has 0 bridgehead atoms. The van der Waals surface area contributed by atoms with E-state index >= 15 is 0 Å². The highest BCUT2D eigenvalue weighted by Crippen LogP contribution is 2.31. The Hall–Kier alpha value is -3.50. The highest BCUT2D eigenvalue weighted by molar-refractivity contribution is 7.92. The zero-order valence-electron chi connectivity index (χ0n) is 20.9. The van der Waals surface area contributed by atoms with Gasteiger partial charge >= 0.3 is 5.69 Å². The molecule has 0 fully saturated rings. The second-order valence-electron chi connectivity index (χ2n) is 9.52. The summed E-state index contributed by atoms with van der Waals surface area (Å²) in [5.41, 5.74) is 4.62. The summed E-state index contributed by atoms with van der Waals surface area (Å²) in [4.78, 5) is 13.7. The fraction of sp³-hybridized carbons (Fsp3) is 0.308. The SMILES string of the molecule is Cc1cc(-n2nc3c(c2-n2ccn(-c4ccc(N=S(C)(C)=O)cc4)c2=O)[C@H](C)NCC3)cc(C)c1F. The minimum absolute atomic E-state index is 0.00534. The Bertz CT molecular complexity index is 1620. The number of rotatable bonds is 4. The van der Waals surface area contributed by atoms with Gasteiger partial charge in [-0.1, -0.05) is 0 Å². The number of fused-ring (bicyclic) bond motifs is 1. The van der Waals surface area contributed by atoms with Gasteiger partial charge in [-0.25, -0.2) is 18.1 Å². The normalized spacial score (nSPS) is 15.7. The molecule has 0 aliphatic carbocycles. The van der Waals surface area contributed by atoms with Crippen molar-refractivity contribution >= 4 is 15.4 Å². The van der Waals surface area contributed by atoms with Gasteiger partial charge in [-0.3, -0.25) is 9.13 Å². The molecule has 188 valence electrons. The molecule has 36 heavy (non-hydrogen) atoms. The highest BCUT2D eigenvalue weighted by atomic mass is 32.2. The van der Waals surface area contributed by atoms with Crippen LogP contribution in [0.3, 0.4) is 0 Å². The van der Waals surface area contributed by atoms with Crippen molar-refractivity contribution in [2.24, 2.45) is 4.36 Å². The molecule has 1 aliphatic rings. The summed E-state index contributed by atoms with van der Waals surface area (Å²) in [6.45, 7) is 6.31. The number of benzene rings is 2. The molecular weight excluding hydrogens is 479 g/mol. The van der Waals surface area contributed by atoms with Crippen LogP contribution in [0.25, 0.3) is 17.2 Å². The van der Waals surface area contributed by atoms with E-state index in [9.17, 15) is 13.4 Å². The quantitative estimate of drug-likeness (QED) is 0.449. The van der Waals surface area contributed by atoms with Crippen molar-refractivity contribution in [1.29, 1.82) is 0 Å². The van der Waals surface area contributed by atoms with Gasteiger partial charge in [0, 0.05) is 59.2 Å². The first-order valence-electron chi connectivity index (χ1n) is 11.7. The van der Waals surface area contributed by atoms with Gasteiger partial charge < -0.3 is 5.32 Å². The number of hydrogen-bond acceptors (Lipinski definition) is 5. The number of aromatic nitrogens is 4. The van der Waals surface area contributed by atoms with Crippen LogP contribution in [-0.2, 0) is 16.1 Å². The minimum Gasteiger partial charge on any atom is -0.310 e. The van der Waals surface area contributed by atoms with Crippen molar-refractivity contribution in [3.63, 3.8) is 0 Å². The number of nitrogens with one attached hydrogen (secondary N) is 1. The van der Waals surface area contributed by atoms with E-state index in [1.54, 1.807) is 89.0 Å². The monoisotopic (exact) mass is 508 g/mol. The van der Waals surface area contributed by atoms with Crippen LogP contribution in [0.1, 0.15) is 35.3 Å². The van der Waals surface area contributed by atoms with Gasteiger partial charge in [-0.15, -0.1) is 0 Å². The second kappa shape index (κ2) is 8.86. The molecule has 4 aromatic rings. The van der Waals surface area contributed by atoms with E-state index in [0.29, 0.717) is 34.0 Å². The van der Waals surface area contributed by atoms with E-state index in [4.69, 9.17) is 5.10 Å². The molecule has 0 radical (unpaired) electrons. The molecule has 1 N–H and O–H groups in total. The zero-order valence-corrected chi connectivity index (χ0v) is 21.8. The van der Waals surface area contributed by atoms with Gasteiger partial charge in [0.05, 0.1) is 22.8 Å². The van der Waals surface area contributed by atoms with E-state index in [2.05, 4.69) is 16.6 Å². The van der Waals surface area contributed by atoms with E-state index in [1.807, 2.05) is 0 Å². The Morgan fingerprint density at radius 1 is 1.06 bits per heavy atom. The summed E-state index contributed by atoms with van der Waals surface area (Å²) in [5, 5.41) is 8.33. The predicted octanol–water partition coefficient (Wildman–Crippen LogP) is 4.14. The zero-order chi connectivity index (χ0) is 25.8. The minimum atomic E-state index is -2.28. The summed E-state index contributed by atoms with van der Waals surface area (Å²) in [5.74, 6) is 0.398. The van der Waals surface area contributed by atoms with E-state index in [0.717, 1.165) is 24.2 Å². The summed E-state index contributed by atoms with van der Waals surface area (Å²) >= 11 is 0. The lowest BCUT2D eigenvalue weighted by molar-refractivity contribution is 0.536.